The topological polar surface area (TPSA) is 20.3 Å². The number of fused-ring (bicyclic) bond motifs is 1. The molecule has 2 heterocycles. The van der Waals surface area contributed by atoms with Gasteiger partial charge in [0.2, 0.25) is 5.91 Å². The average molecular weight is 189 g/mol. The minimum Gasteiger partial charge on any atom is -0.331 e. The lowest BCUT2D eigenvalue weighted by Crippen LogP contribution is -2.29. The Balaban J connectivity index is 2.19. The predicted molar refractivity (Wildman–Crippen MR) is 56.7 cm³/mol. The van der Waals surface area contributed by atoms with Crippen molar-refractivity contribution in [2.45, 2.75) is 19.4 Å². The lowest BCUT2D eigenvalue weighted by atomic mass is 10.0. The van der Waals surface area contributed by atoms with E-state index < -0.39 is 0 Å². The standard InChI is InChI=1S/C12H15NO/c1-4-9-5-11-6-10(8(2)3)7-13(11)12(9)14/h4,6,9,11H,1-2,5,7H2,3H3. The van der Waals surface area contributed by atoms with E-state index in [9.17, 15) is 4.79 Å². The second-order valence-corrected chi connectivity index (χ2v) is 4.08. The molecule has 1 saturated heterocycles. The van der Waals surface area contributed by atoms with Crippen LogP contribution in [0.5, 0.6) is 0 Å². The van der Waals surface area contributed by atoms with Crippen molar-refractivity contribution in [2.75, 3.05) is 6.54 Å². The summed E-state index contributed by atoms with van der Waals surface area (Å²) in [7, 11) is 0. The first-order valence-corrected chi connectivity index (χ1v) is 4.93. The Bertz CT molecular complexity index is 340. The maximum atomic E-state index is 11.8. The van der Waals surface area contributed by atoms with Crippen molar-refractivity contribution >= 4 is 5.91 Å². The first kappa shape index (κ1) is 9.25. The third-order valence-corrected chi connectivity index (χ3v) is 3.06. The minimum absolute atomic E-state index is 0.0305. The summed E-state index contributed by atoms with van der Waals surface area (Å²) in [5.74, 6) is 0.250. The van der Waals surface area contributed by atoms with Crippen molar-refractivity contribution in [3.05, 3.63) is 36.5 Å². The molecule has 2 rings (SSSR count). The zero-order valence-corrected chi connectivity index (χ0v) is 8.49. The maximum absolute atomic E-state index is 11.8. The highest BCUT2D eigenvalue weighted by molar-refractivity contribution is 5.84. The van der Waals surface area contributed by atoms with E-state index in [-0.39, 0.29) is 17.9 Å². The Kier molecular flexibility index (Phi) is 2.06. The van der Waals surface area contributed by atoms with Gasteiger partial charge in [-0.1, -0.05) is 24.3 Å². The number of amides is 1. The molecule has 14 heavy (non-hydrogen) atoms. The molecule has 0 aromatic rings. The van der Waals surface area contributed by atoms with Gasteiger partial charge in [0.25, 0.3) is 0 Å². The van der Waals surface area contributed by atoms with Crippen molar-refractivity contribution in [1.82, 2.24) is 4.90 Å². The number of rotatable bonds is 2. The third-order valence-electron chi connectivity index (χ3n) is 3.06. The van der Waals surface area contributed by atoms with Gasteiger partial charge in [0.05, 0.1) is 12.0 Å². The van der Waals surface area contributed by atoms with Crippen LogP contribution in [0.25, 0.3) is 0 Å². The molecular formula is C12H15NO. The largest absolute Gasteiger partial charge is 0.331 e. The normalized spacial score (nSPS) is 30.2. The van der Waals surface area contributed by atoms with Gasteiger partial charge in [0.1, 0.15) is 0 Å². The Morgan fingerprint density at radius 1 is 1.71 bits per heavy atom. The number of hydrogen-bond acceptors (Lipinski definition) is 1. The SMILES string of the molecule is C=CC1CC2C=C(C(=C)C)CN2C1=O. The molecule has 0 spiro atoms. The summed E-state index contributed by atoms with van der Waals surface area (Å²) in [6, 6.07) is 0.289. The van der Waals surface area contributed by atoms with E-state index in [0.717, 1.165) is 18.5 Å². The summed E-state index contributed by atoms with van der Waals surface area (Å²) in [6.07, 6.45) is 4.82. The molecule has 0 aromatic carbocycles. The highest BCUT2D eigenvalue weighted by Crippen LogP contribution is 2.33. The van der Waals surface area contributed by atoms with Crippen LogP contribution in [0.1, 0.15) is 13.3 Å². The van der Waals surface area contributed by atoms with Gasteiger partial charge in [-0.3, -0.25) is 4.79 Å². The van der Waals surface area contributed by atoms with Crippen LogP contribution in [-0.2, 0) is 4.79 Å². The molecule has 0 radical (unpaired) electrons. The number of carbonyl (C=O) groups is 1. The molecule has 74 valence electrons. The lowest BCUT2D eigenvalue weighted by Gasteiger charge is -2.15. The number of nitrogens with zero attached hydrogens (tertiary/aromatic N) is 1. The molecule has 0 aromatic heterocycles. The van der Waals surface area contributed by atoms with E-state index in [2.05, 4.69) is 19.2 Å². The summed E-state index contributed by atoms with van der Waals surface area (Å²) >= 11 is 0. The molecule has 2 unspecified atom stereocenters. The summed E-state index contributed by atoms with van der Waals surface area (Å²) < 4.78 is 0. The Morgan fingerprint density at radius 2 is 2.43 bits per heavy atom. The zero-order chi connectivity index (χ0) is 10.3. The predicted octanol–water partition coefficient (Wildman–Crippen LogP) is 1.91. The first-order chi connectivity index (χ1) is 6.63. The van der Waals surface area contributed by atoms with E-state index in [4.69, 9.17) is 0 Å². The van der Waals surface area contributed by atoms with Crippen molar-refractivity contribution in [1.29, 1.82) is 0 Å². The summed E-state index contributed by atoms with van der Waals surface area (Å²) in [5.41, 5.74) is 2.29. The van der Waals surface area contributed by atoms with Gasteiger partial charge < -0.3 is 4.90 Å². The fraction of sp³-hybridized carbons (Fsp3) is 0.417. The van der Waals surface area contributed by atoms with Gasteiger partial charge in [-0.05, 0) is 18.9 Å². The second kappa shape index (κ2) is 3.12. The van der Waals surface area contributed by atoms with Crippen LogP contribution in [0.2, 0.25) is 0 Å². The van der Waals surface area contributed by atoms with Crippen molar-refractivity contribution in [3.63, 3.8) is 0 Å². The molecule has 2 aliphatic heterocycles. The Labute approximate surface area is 84.6 Å². The van der Waals surface area contributed by atoms with E-state index in [1.165, 1.54) is 5.57 Å². The quantitative estimate of drug-likeness (QED) is 0.608. The van der Waals surface area contributed by atoms with Crippen LogP contribution < -0.4 is 0 Å². The molecule has 0 aliphatic carbocycles. The molecule has 1 amide bonds. The molecular weight excluding hydrogens is 174 g/mol. The number of hydrogen-bond donors (Lipinski definition) is 0. The second-order valence-electron chi connectivity index (χ2n) is 4.08. The first-order valence-electron chi connectivity index (χ1n) is 4.93. The average Bonchev–Trinajstić information content (AvgIpc) is 2.66. The fourth-order valence-electron chi connectivity index (χ4n) is 2.16. The fourth-order valence-corrected chi connectivity index (χ4v) is 2.16. The molecule has 2 nitrogen and oxygen atoms in total. The number of carbonyl (C=O) groups excluding carboxylic acids is 1. The highest BCUT2D eigenvalue weighted by Gasteiger charge is 2.40. The van der Waals surface area contributed by atoms with Gasteiger partial charge in [0.15, 0.2) is 0 Å². The van der Waals surface area contributed by atoms with Gasteiger partial charge in [-0.25, -0.2) is 0 Å². The van der Waals surface area contributed by atoms with Crippen LogP contribution in [0.15, 0.2) is 36.5 Å². The summed E-state index contributed by atoms with van der Waals surface area (Å²) in [5, 5.41) is 0. The molecule has 0 saturated carbocycles. The van der Waals surface area contributed by atoms with E-state index in [1.54, 1.807) is 6.08 Å². The molecule has 0 N–H and O–H groups in total. The van der Waals surface area contributed by atoms with Gasteiger partial charge in [0, 0.05) is 6.54 Å². The summed E-state index contributed by atoms with van der Waals surface area (Å²) in [6.45, 7) is 10.3. The van der Waals surface area contributed by atoms with Crippen molar-refractivity contribution in [2.24, 2.45) is 5.92 Å². The maximum Gasteiger partial charge on any atom is 0.230 e. The molecule has 0 bridgehead atoms. The van der Waals surface area contributed by atoms with Crippen LogP contribution in [0, 0.1) is 5.92 Å². The van der Waals surface area contributed by atoms with Crippen LogP contribution in [0.4, 0.5) is 0 Å². The minimum atomic E-state index is 0.0305. The smallest absolute Gasteiger partial charge is 0.230 e. The van der Waals surface area contributed by atoms with Crippen LogP contribution in [-0.4, -0.2) is 23.4 Å². The molecule has 2 aliphatic rings. The van der Waals surface area contributed by atoms with Gasteiger partial charge in [-0.2, -0.15) is 0 Å². The Hall–Kier alpha value is -1.31. The molecule has 2 atom stereocenters. The lowest BCUT2D eigenvalue weighted by molar-refractivity contribution is -0.129. The monoisotopic (exact) mass is 189 g/mol. The molecule has 2 heteroatoms. The highest BCUT2D eigenvalue weighted by atomic mass is 16.2. The van der Waals surface area contributed by atoms with E-state index in [0.29, 0.717) is 0 Å². The Morgan fingerprint density at radius 3 is 2.93 bits per heavy atom. The summed E-state index contributed by atoms with van der Waals surface area (Å²) in [4.78, 5) is 13.7. The zero-order valence-electron chi connectivity index (χ0n) is 8.49. The molecule has 1 fully saturated rings. The van der Waals surface area contributed by atoms with Crippen LogP contribution in [0.3, 0.4) is 0 Å². The van der Waals surface area contributed by atoms with E-state index >= 15 is 0 Å². The van der Waals surface area contributed by atoms with Crippen LogP contribution >= 0.6 is 0 Å². The van der Waals surface area contributed by atoms with Gasteiger partial charge in [-0.15, -0.1) is 6.58 Å². The van der Waals surface area contributed by atoms with Gasteiger partial charge >= 0.3 is 0 Å². The van der Waals surface area contributed by atoms with E-state index in [1.807, 2.05) is 11.8 Å². The third kappa shape index (κ3) is 1.22. The van der Waals surface area contributed by atoms with Crippen molar-refractivity contribution < 1.29 is 4.79 Å². The van der Waals surface area contributed by atoms with Crippen molar-refractivity contribution in [3.8, 4) is 0 Å².